The first-order chi connectivity index (χ1) is 8.58. The lowest BCUT2D eigenvalue weighted by Crippen LogP contribution is -1.97. The van der Waals surface area contributed by atoms with Gasteiger partial charge in [-0.25, -0.2) is 4.79 Å². The van der Waals surface area contributed by atoms with E-state index in [-0.39, 0.29) is 5.56 Å². The van der Waals surface area contributed by atoms with Gasteiger partial charge in [0.1, 0.15) is 11.3 Å². The van der Waals surface area contributed by atoms with Crippen LogP contribution in [0.3, 0.4) is 0 Å². The van der Waals surface area contributed by atoms with E-state index in [4.69, 9.17) is 15.3 Å². The third-order valence-electron chi connectivity index (χ3n) is 2.31. The molecule has 18 heavy (non-hydrogen) atoms. The van der Waals surface area contributed by atoms with E-state index in [1.807, 2.05) is 18.2 Å². The minimum atomic E-state index is -0.983. The van der Waals surface area contributed by atoms with Crippen molar-refractivity contribution in [1.29, 1.82) is 0 Å². The van der Waals surface area contributed by atoms with E-state index in [1.54, 1.807) is 0 Å². The fraction of sp³-hybridized carbons (Fsp3) is 0.0833. The third-order valence-corrected chi connectivity index (χ3v) is 3.89. The number of furan rings is 1. The average molecular weight is 328 g/mol. The topological polar surface area (TPSA) is 76.5 Å². The van der Waals surface area contributed by atoms with Crippen molar-refractivity contribution in [1.82, 2.24) is 0 Å². The number of nitrogens with two attached hydrogens (primary N) is 1. The highest BCUT2D eigenvalue weighted by Crippen LogP contribution is 2.31. The van der Waals surface area contributed by atoms with Crippen molar-refractivity contribution in [2.24, 2.45) is 0 Å². The lowest BCUT2D eigenvalue weighted by Gasteiger charge is -2.05. The van der Waals surface area contributed by atoms with Crippen LogP contribution in [0.4, 0.5) is 5.69 Å². The van der Waals surface area contributed by atoms with Crippen LogP contribution in [0, 0.1) is 0 Å². The Labute approximate surface area is 116 Å². The molecule has 1 aromatic heterocycles. The van der Waals surface area contributed by atoms with Crippen LogP contribution in [0.1, 0.15) is 16.1 Å². The molecule has 94 valence electrons. The zero-order chi connectivity index (χ0) is 13.1. The molecular weight excluding hydrogens is 318 g/mol. The predicted octanol–water partition coefficient (Wildman–Crippen LogP) is 3.61. The summed E-state index contributed by atoms with van der Waals surface area (Å²) in [6, 6.07) is 7.03. The number of hydrogen-bond acceptors (Lipinski definition) is 4. The normalized spacial score (nSPS) is 10.5. The van der Waals surface area contributed by atoms with Gasteiger partial charge < -0.3 is 15.3 Å². The van der Waals surface area contributed by atoms with Crippen LogP contribution in [0.15, 0.2) is 44.3 Å². The van der Waals surface area contributed by atoms with Gasteiger partial charge in [0.05, 0.1) is 12.0 Å². The number of carbonyl (C=O) groups is 1. The van der Waals surface area contributed by atoms with Crippen molar-refractivity contribution in [3.05, 3.63) is 46.3 Å². The minimum absolute atomic E-state index is 0.193. The van der Waals surface area contributed by atoms with Crippen molar-refractivity contribution in [3.8, 4) is 0 Å². The summed E-state index contributed by atoms with van der Waals surface area (Å²) in [5.41, 5.74) is 6.70. The molecule has 2 rings (SSSR count). The molecule has 0 amide bonds. The Morgan fingerprint density at radius 2 is 2.22 bits per heavy atom. The highest BCUT2D eigenvalue weighted by Gasteiger charge is 2.13. The molecule has 0 aliphatic carbocycles. The molecule has 4 nitrogen and oxygen atoms in total. The summed E-state index contributed by atoms with van der Waals surface area (Å²) >= 11 is 4.77. The van der Waals surface area contributed by atoms with Gasteiger partial charge in [-0.05, 0) is 24.3 Å². The van der Waals surface area contributed by atoms with Crippen molar-refractivity contribution >= 4 is 39.3 Å². The molecule has 0 bridgehead atoms. The Morgan fingerprint density at radius 1 is 1.44 bits per heavy atom. The molecule has 0 atom stereocenters. The summed E-state index contributed by atoms with van der Waals surface area (Å²) in [6.45, 7) is 0. The number of benzene rings is 1. The number of carboxylic acid groups (broad SMARTS) is 1. The summed E-state index contributed by atoms with van der Waals surface area (Å²) in [7, 11) is 0. The van der Waals surface area contributed by atoms with Crippen LogP contribution < -0.4 is 5.73 Å². The van der Waals surface area contributed by atoms with Crippen LogP contribution in [0.2, 0.25) is 0 Å². The summed E-state index contributed by atoms with van der Waals surface area (Å²) in [4.78, 5) is 11.8. The van der Waals surface area contributed by atoms with Crippen molar-refractivity contribution < 1.29 is 14.3 Å². The maximum atomic E-state index is 10.9. The van der Waals surface area contributed by atoms with E-state index < -0.39 is 5.97 Å². The fourth-order valence-corrected chi connectivity index (χ4v) is 2.72. The number of rotatable bonds is 4. The Bertz CT molecular complexity index is 582. The van der Waals surface area contributed by atoms with Crippen molar-refractivity contribution in [2.45, 2.75) is 10.6 Å². The second kappa shape index (κ2) is 5.49. The zero-order valence-electron chi connectivity index (χ0n) is 9.22. The van der Waals surface area contributed by atoms with Gasteiger partial charge in [0, 0.05) is 15.1 Å². The number of hydrogen-bond donors (Lipinski definition) is 2. The Kier molecular flexibility index (Phi) is 3.98. The zero-order valence-corrected chi connectivity index (χ0v) is 11.6. The van der Waals surface area contributed by atoms with Gasteiger partial charge in [-0.1, -0.05) is 15.9 Å². The van der Waals surface area contributed by atoms with E-state index in [0.29, 0.717) is 17.2 Å². The largest absolute Gasteiger partial charge is 0.478 e. The Balaban J connectivity index is 2.11. The molecule has 1 aromatic carbocycles. The van der Waals surface area contributed by atoms with Crippen LogP contribution in [-0.4, -0.2) is 11.1 Å². The molecule has 0 radical (unpaired) electrons. The maximum absolute atomic E-state index is 10.9. The molecule has 3 N–H and O–H groups in total. The second-order valence-electron chi connectivity index (χ2n) is 3.53. The quantitative estimate of drug-likeness (QED) is 0.662. The molecule has 0 unspecified atom stereocenters. The predicted molar refractivity (Wildman–Crippen MR) is 73.8 cm³/mol. The first-order valence-electron chi connectivity index (χ1n) is 5.05. The van der Waals surface area contributed by atoms with Gasteiger partial charge >= 0.3 is 5.97 Å². The number of aromatic carboxylic acids is 1. The van der Waals surface area contributed by atoms with E-state index in [2.05, 4.69) is 15.9 Å². The van der Waals surface area contributed by atoms with Crippen LogP contribution >= 0.6 is 27.7 Å². The standard InChI is InChI=1S/C12H10BrNO3S/c13-7-1-2-11(9(14)5-7)18-6-10-8(12(15)16)3-4-17-10/h1-5H,6,14H2,(H,15,16). The van der Waals surface area contributed by atoms with Crippen LogP contribution in [-0.2, 0) is 5.75 Å². The molecule has 0 spiro atoms. The molecular formula is C12H10BrNO3S. The molecule has 0 aliphatic heterocycles. The van der Waals surface area contributed by atoms with E-state index in [1.165, 1.54) is 24.1 Å². The SMILES string of the molecule is Nc1cc(Br)ccc1SCc1occc1C(=O)O. The smallest absolute Gasteiger partial charge is 0.339 e. The van der Waals surface area contributed by atoms with Gasteiger partial charge in [-0.15, -0.1) is 11.8 Å². The van der Waals surface area contributed by atoms with E-state index in [9.17, 15) is 4.79 Å². The van der Waals surface area contributed by atoms with Crippen LogP contribution in [0.5, 0.6) is 0 Å². The number of nitrogen functional groups attached to an aromatic ring is 1. The van der Waals surface area contributed by atoms with Crippen molar-refractivity contribution in [2.75, 3.05) is 5.73 Å². The average Bonchev–Trinajstić information content (AvgIpc) is 2.76. The molecule has 6 heteroatoms. The number of halogens is 1. The Hall–Kier alpha value is -1.40. The monoisotopic (exact) mass is 327 g/mol. The van der Waals surface area contributed by atoms with Crippen molar-refractivity contribution in [3.63, 3.8) is 0 Å². The molecule has 2 aromatic rings. The summed E-state index contributed by atoms with van der Waals surface area (Å²) in [6.07, 6.45) is 1.38. The first kappa shape index (κ1) is 13.0. The van der Waals surface area contributed by atoms with E-state index >= 15 is 0 Å². The first-order valence-corrected chi connectivity index (χ1v) is 6.83. The fourth-order valence-electron chi connectivity index (χ4n) is 1.44. The molecule has 0 aliphatic rings. The van der Waals surface area contributed by atoms with Crippen LogP contribution in [0.25, 0.3) is 0 Å². The molecule has 1 heterocycles. The number of thioether (sulfide) groups is 1. The van der Waals surface area contributed by atoms with Gasteiger partial charge in [0.25, 0.3) is 0 Å². The molecule has 0 saturated heterocycles. The van der Waals surface area contributed by atoms with Gasteiger partial charge in [-0.2, -0.15) is 0 Å². The summed E-state index contributed by atoms with van der Waals surface area (Å²) in [5.74, 6) is -0.113. The Morgan fingerprint density at radius 3 is 2.89 bits per heavy atom. The van der Waals surface area contributed by atoms with Gasteiger partial charge in [-0.3, -0.25) is 0 Å². The summed E-state index contributed by atoms with van der Waals surface area (Å²) in [5, 5.41) is 8.94. The van der Waals surface area contributed by atoms with Gasteiger partial charge in [0.2, 0.25) is 0 Å². The van der Waals surface area contributed by atoms with Gasteiger partial charge in [0.15, 0.2) is 0 Å². The molecule has 0 fully saturated rings. The lowest BCUT2D eigenvalue weighted by molar-refractivity contribution is 0.0695. The highest BCUT2D eigenvalue weighted by atomic mass is 79.9. The minimum Gasteiger partial charge on any atom is -0.478 e. The highest BCUT2D eigenvalue weighted by molar-refractivity contribution is 9.10. The summed E-state index contributed by atoms with van der Waals surface area (Å²) < 4.78 is 6.07. The lowest BCUT2D eigenvalue weighted by atomic mass is 10.3. The van der Waals surface area contributed by atoms with E-state index in [0.717, 1.165) is 9.37 Å². The molecule has 0 saturated carbocycles. The number of carboxylic acids is 1. The number of anilines is 1. The maximum Gasteiger partial charge on any atom is 0.339 e. The third kappa shape index (κ3) is 2.88. The second-order valence-corrected chi connectivity index (χ2v) is 5.47.